The van der Waals surface area contributed by atoms with E-state index in [4.69, 9.17) is 5.73 Å². The van der Waals surface area contributed by atoms with Crippen molar-refractivity contribution in [2.45, 2.75) is 18.1 Å². The largest absolute Gasteiger partial charge is 0.393 e. The number of halogens is 2. The van der Waals surface area contributed by atoms with Crippen molar-refractivity contribution in [3.63, 3.8) is 0 Å². The van der Waals surface area contributed by atoms with E-state index in [0.717, 1.165) is 17.8 Å². The number of anilines is 1. The number of nitrogens with one attached hydrogen (secondary N) is 1. The molecule has 0 bridgehead atoms. The molecular formula is C13H15F2N3O2S. The number of aliphatic hydroxyl groups excluding tert-OH is 1. The third-order valence-corrected chi connectivity index (χ3v) is 4.59. The number of alkyl halides is 1. The van der Waals surface area contributed by atoms with Crippen LogP contribution in [0.15, 0.2) is 23.2 Å². The number of carbonyl (C=O) groups is 1. The Kier molecular flexibility index (Phi) is 4.20. The topological polar surface area (TPSA) is 87.7 Å². The van der Waals surface area contributed by atoms with E-state index in [2.05, 4.69) is 10.3 Å². The second-order valence-electron chi connectivity index (χ2n) is 4.91. The second-order valence-corrected chi connectivity index (χ2v) is 5.91. The zero-order chi connectivity index (χ0) is 15.7. The zero-order valence-corrected chi connectivity index (χ0v) is 12.1. The monoisotopic (exact) mass is 315 g/mol. The lowest BCUT2D eigenvalue weighted by molar-refractivity contribution is -0.105. The molecule has 2 unspecified atom stereocenters. The molecule has 5 nitrogen and oxygen atoms in total. The number of nitrogens with two attached hydrogens (primary N) is 1. The molecule has 0 spiro atoms. The molecule has 0 fully saturated rings. The third-order valence-electron chi connectivity index (χ3n) is 3.52. The number of nitrogens with zero attached hydrogens (tertiary/aromatic N) is 1. The van der Waals surface area contributed by atoms with Crippen LogP contribution in [0.4, 0.5) is 14.5 Å². The van der Waals surface area contributed by atoms with Crippen LogP contribution in [0.2, 0.25) is 0 Å². The van der Waals surface area contributed by atoms with Crippen LogP contribution in [-0.4, -0.2) is 34.7 Å². The molecule has 4 N–H and O–H groups in total. The van der Waals surface area contributed by atoms with Gasteiger partial charge in [-0.1, -0.05) is 11.8 Å². The van der Waals surface area contributed by atoms with Crippen LogP contribution in [0.5, 0.6) is 0 Å². The molecule has 0 aromatic heterocycles. The summed E-state index contributed by atoms with van der Waals surface area (Å²) < 4.78 is 29.1. The van der Waals surface area contributed by atoms with Crippen LogP contribution in [0.3, 0.4) is 0 Å². The highest BCUT2D eigenvalue weighted by molar-refractivity contribution is 8.13. The molecule has 2 rings (SSSR count). The van der Waals surface area contributed by atoms with E-state index < -0.39 is 23.6 Å². The minimum atomic E-state index is -2.00. The highest BCUT2D eigenvalue weighted by atomic mass is 32.2. The highest BCUT2D eigenvalue weighted by Crippen LogP contribution is 2.46. The van der Waals surface area contributed by atoms with Crippen molar-refractivity contribution in [1.82, 2.24) is 0 Å². The molecule has 8 heteroatoms. The van der Waals surface area contributed by atoms with Crippen molar-refractivity contribution in [3.8, 4) is 0 Å². The molecule has 1 aromatic rings. The molecule has 0 radical (unpaired) electrons. The van der Waals surface area contributed by atoms with E-state index in [9.17, 15) is 18.7 Å². The fourth-order valence-corrected chi connectivity index (χ4v) is 3.17. The average Bonchev–Trinajstić information content (AvgIpc) is 2.44. The van der Waals surface area contributed by atoms with Crippen LogP contribution in [-0.2, 0) is 10.3 Å². The fourth-order valence-electron chi connectivity index (χ4n) is 2.29. The van der Waals surface area contributed by atoms with Crippen LogP contribution in [0.1, 0.15) is 12.5 Å². The first kappa shape index (κ1) is 15.7. The number of aliphatic imine (C=N–C) groups is 1. The van der Waals surface area contributed by atoms with E-state index in [-0.39, 0.29) is 22.2 Å². The van der Waals surface area contributed by atoms with Gasteiger partial charge in [-0.25, -0.2) is 13.8 Å². The molecule has 114 valence electrons. The summed E-state index contributed by atoms with van der Waals surface area (Å²) in [6, 6.07) is 3.67. The first-order chi connectivity index (χ1) is 9.86. The number of benzene rings is 1. The minimum Gasteiger partial charge on any atom is -0.393 e. The SMILES string of the molecule is CC1(F)CSC(N)=NC1(CO)c1cc(NC=O)ccc1F. The predicted molar refractivity (Wildman–Crippen MR) is 78.4 cm³/mol. The fraction of sp³-hybridized carbons (Fsp3) is 0.385. The summed E-state index contributed by atoms with van der Waals surface area (Å²) in [5.41, 5.74) is 1.91. The van der Waals surface area contributed by atoms with Gasteiger partial charge in [-0.15, -0.1) is 0 Å². The Morgan fingerprint density at radius 2 is 2.33 bits per heavy atom. The molecule has 0 saturated carbocycles. The van der Waals surface area contributed by atoms with E-state index >= 15 is 0 Å². The normalized spacial score (nSPS) is 28.9. The Labute approximate surface area is 124 Å². The Balaban J connectivity index is 2.66. The Morgan fingerprint density at radius 1 is 1.62 bits per heavy atom. The number of rotatable bonds is 4. The number of amides is 1. The molecule has 2 atom stereocenters. The first-order valence-corrected chi connectivity index (χ1v) is 7.13. The summed E-state index contributed by atoms with van der Waals surface area (Å²) in [7, 11) is 0. The Hall–Kier alpha value is -1.67. The number of aliphatic hydroxyl groups is 1. The Morgan fingerprint density at radius 3 is 2.95 bits per heavy atom. The highest BCUT2D eigenvalue weighted by Gasteiger charge is 2.54. The molecule has 1 aromatic carbocycles. The minimum absolute atomic E-state index is 0.0618. The van der Waals surface area contributed by atoms with Crippen molar-refractivity contribution in [2.75, 3.05) is 17.7 Å². The lowest BCUT2D eigenvalue weighted by atomic mass is 9.78. The summed E-state index contributed by atoms with van der Waals surface area (Å²) in [6.45, 7) is 0.494. The van der Waals surface area contributed by atoms with Crippen molar-refractivity contribution in [3.05, 3.63) is 29.6 Å². The smallest absolute Gasteiger partial charge is 0.211 e. The van der Waals surface area contributed by atoms with Gasteiger partial charge in [-0.3, -0.25) is 4.79 Å². The molecule has 0 aliphatic carbocycles. The lowest BCUT2D eigenvalue weighted by Crippen LogP contribution is -2.53. The number of thioether (sulfide) groups is 1. The first-order valence-electron chi connectivity index (χ1n) is 6.14. The van der Waals surface area contributed by atoms with Gasteiger partial charge < -0.3 is 16.2 Å². The van der Waals surface area contributed by atoms with Crippen LogP contribution >= 0.6 is 11.8 Å². The van der Waals surface area contributed by atoms with Crippen LogP contribution in [0.25, 0.3) is 0 Å². The van der Waals surface area contributed by atoms with Gasteiger partial charge >= 0.3 is 0 Å². The van der Waals surface area contributed by atoms with Gasteiger partial charge in [0.2, 0.25) is 6.41 Å². The maximum atomic E-state index is 14.9. The molecule has 1 heterocycles. The molecule has 1 aliphatic heterocycles. The summed E-state index contributed by atoms with van der Waals surface area (Å²) in [6.07, 6.45) is 0.422. The quantitative estimate of drug-likeness (QED) is 0.732. The number of carbonyl (C=O) groups excluding carboxylic acids is 1. The second kappa shape index (κ2) is 5.61. The van der Waals surface area contributed by atoms with Gasteiger partial charge in [0, 0.05) is 17.0 Å². The number of hydrogen-bond acceptors (Lipinski definition) is 5. The average molecular weight is 315 g/mol. The van der Waals surface area contributed by atoms with Crippen LogP contribution < -0.4 is 11.1 Å². The van der Waals surface area contributed by atoms with E-state index in [1.54, 1.807) is 0 Å². The summed E-state index contributed by atoms with van der Waals surface area (Å²) in [4.78, 5) is 14.5. The summed E-state index contributed by atoms with van der Waals surface area (Å²) in [5.74, 6) is -0.791. The number of amidine groups is 1. The maximum Gasteiger partial charge on any atom is 0.211 e. The van der Waals surface area contributed by atoms with Gasteiger partial charge in [0.15, 0.2) is 5.17 Å². The summed E-state index contributed by atoms with van der Waals surface area (Å²) >= 11 is 1.01. The Bertz CT molecular complexity index is 595. The molecular weight excluding hydrogens is 300 g/mol. The van der Waals surface area contributed by atoms with Crippen molar-refractivity contribution < 1.29 is 18.7 Å². The van der Waals surface area contributed by atoms with Crippen molar-refractivity contribution in [1.29, 1.82) is 0 Å². The van der Waals surface area contributed by atoms with Gasteiger partial charge in [0.25, 0.3) is 0 Å². The van der Waals surface area contributed by atoms with Gasteiger partial charge in [0.1, 0.15) is 17.0 Å². The standard InChI is InChI=1S/C13H15F2N3O2S/c1-12(15)6-21-11(16)18-13(12,5-19)9-4-8(17-7-20)2-3-10(9)14/h2-4,7,19H,5-6H2,1H3,(H2,16,18)(H,17,20). The van der Waals surface area contributed by atoms with Gasteiger partial charge in [0.05, 0.1) is 6.61 Å². The van der Waals surface area contributed by atoms with Crippen LogP contribution in [0, 0.1) is 5.82 Å². The molecule has 1 aliphatic rings. The van der Waals surface area contributed by atoms with Gasteiger partial charge in [-0.2, -0.15) is 0 Å². The maximum absolute atomic E-state index is 14.9. The lowest BCUT2D eigenvalue weighted by Gasteiger charge is -2.42. The van der Waals surface area contributed by atoms with E-state index in [0.29, 0.717) is 6.41 Å². The third kappa shape index (κ3) is 2.60. The summed E-state index contributed by atoms with van der Waals surface area (Å²) in [5, 5.41) is 12.2. The van der Waals surface area contributed by atoms with Gasteiger partial charge in [-0.05, 0) is 25.1 Å². The predicted octanol–water partition coefficient (Wildman–Crippen LogP) is 1.37. The van der Waals surface area contributed by atoms with Crippen molar-refractivity contribution in [2.24, 2.45) is 10.7 Å². The zero-order valence-electron chi connectivity index (χ0n) is 11.3. The molecule has 0 saturated heterocycles. The van der Waals surface area contributed by atoms with E-state index in [1.165, 1.54) is 19.1 Å². The molecule has 21 heavy (non-hydrogen) atoms. The van der Waals surface area contributed by atoms with Crippen molar-refractivity contribution >= 4 is 29.0 Å². The molecule has 1 amide bonds. The van der Waals surface area contributed by atoms with E-state index in [1.807, 2.05) is 0 Å². The number of hydrogen-bond donors (Lipinski definition) is 3.